The minimum Gasteiger partial charge on any atom is -0.510 e. The lowest BCUT2D eigenvalue weighted by Crippen LogP contribution is -1.84. The largest absolute Gasteiger partial charge is 0.510 e. The van der Waals surface area contributed by atoms with E-state index >= 15 is 0 Å². The van der Waals surface area contributed by atoms with Gasteiger partial charge in [0.2, 0.25) is 0 Å². The molecule has 0 fully saturated rings. The Kier molecular flexibility index (Phi) is 3.06. The molecule has 0 aliphatic heterocycles. The Hall–Kier alpha value is -0.760. The molecule has 0 aromatic carbocycles. The smallest absolute Gasteiger partial charge is 0.118 e. The van der Waals surface area contributed by atoms with Gasteiger partial charge in [-0.2, -0.15) is 0 Å². The van der Waals surface area contributed by atoms with Gasteiger partial charge >= 0.3 is 0 Å². The summed E-state index contributed by atoms with van der Waals surface area (Å²) in [4.78, 5) is 0. The van der Waals surface area contributed by atoms with E-state index in [0.717, 1.165) is 0 Å². The van der Waals surface area contributed by atoms with Crippen LogP contribution in [0.2, 0.25) is 0 Å². The summed E-state index contributed by atoms with van der Waals surface area (Å²) >= 11 is 0. The Morgan fingerprint density at radius 1 is 1.71 bits per heavy atom. The van der Waals surface area contributed by atoms with Crippen molar-refractivity contribution in [3.8, 4) is 0 Å². The van der Waals surface area contributed by atoms with E-state index in [1.165, 1.54) is 12.2 Å². The van der Waals surface area contributed by atoms with Crippen molar-refractivity contribution in [2.45, 2.75) is 0 Å². The summed E-state index contributed by atoms with van der Waals surface area (Å²) < 4.78 is 0. The summed E-state index contributed by atoms with van der Waals surface area (Å²) in [5.41, 5.74) is 0. The average molecular weight is 100 g/mol. The third-order valence-electron chi connectivity index (χ3n) is 0.472. The molecular weight excluding hydrogens is 92.1 g/mol. The van der Waals surface area contributed by atoms with Gasteiger partial charge in [0.15, 0.2) is 0 Å². The van der Waals surface area contributed by atoms with Gasteiger partial charge in [0.05, 0.1) is 0 Å². The first-order valence-corrected chi connectivity index (χ1v) is 1.92. The van der Waals surface area contributed by atoms with Crippen LogP contribution >= 0.6 is 0 Å². The third kappa shape index (κ3) is 3.06. The van der Waals surface area contributed by atoms with Gasteiger partial charge in [-0.05, 0) is 6.08 Å². The van der Waals surface area contributed by atoms with Gasteiger partial charge in [-0.15, -0.1) is 0 Å². The SMILES string of the molecule is C=C/C=C(\O)CO. The van der Waals surface area contributed by atoms with Gasteiger partial charge in [0.1, 0.15) is 12.4 Å². The molecule has 0 aliphatic rings. The van der Waals surface area contributed by atoms with Crippen molar-refractivity contribution in [3.05, 3.63) is 24.5 Å². The van der Waals surface area contributed by atoms with Crippen LogP contribution in [0.4, 0.5) is 0 Å². The second kappa shape index (κ2) is 3.43. The fourth-order valence-corrected chi connectivity index (χ4v) is 0.189. The van der Waals surface area contributed by atoms with Crippen LogP contribution < -0.4 is 0 Å². The summed E-state index contributed by atoms with van der Waals surface area (Å²) in [5.74, 6) is -0.0602. The van der Waals surface area contributed by atoms with E-state index < -0.39 is 0 Å². The number of rotatable bonds is 2. The molecule has 0 heterocycles. The number of aliphatic hydroxyl groups excluding tert-OH is 2. The van der Waals surface area contributed by atoms with Crippen molar-refractivity contribution in [3.63, 3.8) is 0 Å². The first-order chi connectivity index (χ1) is 3.31. The van der Waals surface area contributed by atoms with Crippen molar-refractivity contribution >= 4 is 0 Å². The topological polar surface area (TPSA) is 40.5 Å². The van der Waals surface area contributed by atoms with E-state index in [9.17, 15) is 0 Å². The van der Waals surface area contributed by atoms with E-state index in [1.54, 1.807) is 0 Å². The Balaban J connectivity index is 3.49. The normalized spacial score (nSPS) is 11.3. The Morgan fingerprint density at radius 3 is 2.43 bits per heavy atom. The summed E-state index contributed by atoms with van der Waals surface area (Å²) in [6.07, 6.45) is 2.74. The van der Waals surface area contributed by atoms with E-state index in [4.69, 9.17) is 10.2 Å². The molecule has 0 saturated heterocycles. The third-order valence-corrected chi connectivity index (χ3v) is 0.472. The molecule has 7 heavy (non-hydrogen) atoms. The van der Waals surface area contributed by atoms with Crippen molar-refractivity contribution in [2.75, 3.05) is 6.61 Å². The van der Waals surface area contributed by atoms with E-state index in [-0.39, 0.29) is 12.4 Å². The average Bonchev–Trinajstić information content (AvgIpc) is 1.68. The molecule has 0 rings (SSSR count). The first-order valence-electron chi connectivity index (χ1n) is 1.92. The van der Waals surface area contributed by atoms with E-state index in [1.807, 2.05) is 0 Å². The lowest BCUT2D eigenvalue weighted by atomic mass is 10.4. The fourth-order valence-electron chi connectivity index (χ4n) is 0.189. The fraction of sp³-hybridized carbons (Fsp3) is 0.200. The van der Waals surface area contributed by atoms with Crippen LogP contribution in [0.3, 0.4) is 0 Å². The molecule has 0 bridgehead atoms. The van der Waals surface area contributed by atoms with Crippen LogP contribution in [-0.4, -0.2) is 16.8 Å². The Morgan fingerprint density at radius 2 is 2.29 bits per heavy atom. The second-order valence-electron chi connectivity index (χ2n) is 1.05. The van der Waals surface area contributed by atoms with Crippen molar-refractivity contribution in [2.24, 2.45) is 0 Å². The molecule has 0 radical (unpaired) electrons. The molecule has 0 amide bonds. The molecule has 0 aliphatic carbocycles. The van der Waals surface area contributed by atoms with Crippen molar-refractivity contribution in [1.29, 1.82) is 0 Å². The highest BCUT2D eigenvalue weighted by molar-refractivity contribution is 5.02. The molecule has 2 heteroatoms. The molecular formula is C5H8O2. The number of hydrogen-bond acceptors (Lipinski definition) is 2. The Labute approximate surface area is 42.4 Å². The molecule has 2 nitrogen and oxygen atoms in total. The first kappa shape index (κ1) is 6.24. The zero-order valence-electron chi connectivity index (χ0n) is 3.96. The van der Waals surface area contributed by atoms with Gasteiger partial charge < -0.3 is 10.2 Å². The van der Waals surface area contributed by atoms with Gasteiger partial charge in [0, 0.05) is 0 Å². The molecule has 0 saturated carbocycles. The molecule has 0 aromatic heterocycles. The molecule has 0 aromatic rings. The van der Waals surface area contributed by atoms with Crippen LogP contribution in [0.5, 0.6) is 0 Å². The molecule has 0 unspecified atom stereocenters. The molecule has 40 valence electrons. The monoisotopic (exact) mass is 100 g/mol. The lowest BCUT2D eigenvalue weighted by molar-refractivity contribution is 0.253. The maximum Gasteiger partial charge on any atom is 0.118 e. The van der Waals surface area contributed by atoms with Crippen molar-refractivity contribution in [1.82, 2.24) is 0 Å². The number of hydrogen-bond donors (Lipinski definition) is 2. The van der Waals surface area contributed by atoms with Gasteiger partial charge in [0.25, 0.3) is 0 Å². The highest BCUT2D eigenvalue weighted by atomic mass is 16.3. The minimum absolute atomic E-state index is 0.0602. The molecule has 0 atom stereocenters. The van der Waals surface area contributed by atoms with Crippen LogP contribution in [-0.2, 0) is 0 Å². The van der Waals surface area contributed by atoms with Gasteiger partial charge in [-0.25, -0.2) is 0 Å². The summed E-state index contributed by atoms with van der Waals surface area (Å²) in [5, 5.41) is 16.5. The summed E-state index contributed by atoms with van der Waals surface area (Å²) in [6, 6.07) is 0. The van der Waals surface area contributed by atoms with Crippen LogP contribution in [0.1, 0.15) is 0 Å². The standard InChI is InChI=1S/C5H8O2/c1-2-3-5(7)4-6/h2-3,6-7H,1,4H2/b5-3-. The van der Waals surface area contributed by atoms with Crippen molar-refractivity contribution < 1.29 is 10.2 Å². The molecule has 0 spiro atoms. The number of allylic oxidation sites excluding steroid dienone is 2. The van der Waals surface area contributed by atoms with Crippen LogP contribution in [0.25, 0.3) is 0 Å². The summed E-state index contributed by atoms with van der Waals surface area (Å²) in [7, 11) is 0. The van der Waals surface area contributed by atoms with Crippen LogP contribution in [0.15, 0.2) is 24.5 Å². The maximum atomic E-state index is 8.40. The van der Waals surface area contributed by atoms with E-state index in [2.05, 4.69) is 6.58 Å². The number of aliphatic hydroxyl groups is 2. The van der Waals surface area contributed by atoms with E-state index in [0.29, 0.717) is 0 Å². The minimum atomic E-state index is -0.313. The highest BCUT2D eigenvalue weighted by Gasteiger charge is 1.79. The van der Waals surface area contributed by atoms with Gasteiger partial charge in [-0.3, -0.25) is 0 Å². The zero-order chi connectivity index (χ0) is 5.70. The van der Waals surface area contributed by atoms with Gasteiger partial charge in [-0.1, -0.05) is 12.7 Å². The predicted octanol–water partition coefficient (Wildman–Crippen LogP) is 0.607. The quantitative estimate of drug-likeness (QED) is 0.394. The lowest BCUT2D eigenvalue weighted by Gasteiger charge is -1.85. The highest BCUT2D eigenvalue weighted by Crippen LogP contribution is 1.82. The summed E-state index contributed by atoms with van der Waals surface area (Å²) in [6.45, 7) is 2.99. The zero-order valence-corrected chi connectivity index (χ0v) is 3.96. The maximum absolute atomic E-state index is 8.40. The second-order valence-corrected chi connectivity index (χ2v) is 1.05. The van der Waals surface area contributed by atoms with Crippen LogP contribution in [0, 0.1) is 0 Å². The Bertz CT molecular complexity index is 84.1. The molecule has 2 N–H and O–H groups in total. The predicted molar refractivity (Wildman–Crippen MR) is 28.0 cm³/mol.